The number of para-hydroxylation sites is 4. The van der Waals surface area contributed by atoms with Crippen LogP contribution in [0.2, 0.25) is 0 Å². The third-order valence-corrected chi connectivity index (χ3v) is 9.43. The Labute approximate surface area is 277 Å². The zero-order valence-corrected chi connectivity index (χ0v) is 25.8. The van der Waals surface area contributed by atoms with Crippen LogP contribution in [0.5, 0.6) is 0 Å². The Kier molecular flexibility index (Phi) is 6.22. The third kappa shape index (κ3) is 4.07. The Hall–Kier alpha value is -6.88. The molecule has 4 heteroatoms. The lowest BCUT2D eigenvalue weighted by Crippen LogP contribution is -1.99. The highest BCUT2D eigenvalue weighted by Crippen LogP contribution is 2.40. The number of aromatic nitrogens is 2. The monoisotopic (exact) mass is 610 g/mol. The Morgan fingerprint density at radius 1 is 0.396 bits per heavy atom. The lowest BCUT2D eigenvalue weighted by molar-refractivity contribution is 1.18. The van der Waals surface area contributed by atoms with Crippen LogP contribution < -0.4 is 0 Å². The first kappa shape index (κ1) is 27.4. The molecule has 48 heavy (non-hydrogen) atoms. The number of fused-ring (bicyclic) bond motifs is 6. The predicted octanol–water partition coefficient (Wildman–Crippen LogP) is 11.0. The maximum atomic E-state index is 10.7. The molecule has 0 amide bonds. The molecule has 0 aliphatic heterocycles. The fourth-order valence-corrected chi connectivity index (χ4v) is 7.33. The first-order valence-electron chi connectivity index (χ1n) is 15.9. The van der Waals surface area contributed by atoms with Gasteiger partial charge in [0.1, 0.15) is 6.07 Å². The summed E-state index contributed by atoms with van der Waals surface area (Å²) in [5.74, 6) is 0. The second-order valence-electron chi connectivity index (χ2n) is 12.0. The summed E-state index contributed by atoms with van der Waals surface area (Å²) in [6.45, 7) is 0. The van der Waals surface area contributed by atoms with Gasteiger partial charge in [0.2, 0.25) is 0 Å². The molecule has 0 saturated carbocycles. The first-order chi connectivity index (χ1) is 23.7. The van der Waals surface area contributed by atoms with Gasteiger partial charge >= 0.3 is 0 Å². The van der Waals surface area contributed by atoms with Crippen molar-refractivity contribution in [1.29, 1.82) is 10.5 Å². The normalized spacial score (nSPS) is 11.3. The summed E-state index contributed by atoms with van der Waals surface area (Å²) in [5, 5.41) is 24.9. The van der Waals surface area contributed by atoms with Gasteiger partial charge in [0.25, 0.3) is 0 Å². The van der Waals surface area contributed by atoms with E-state index in [0.29, 0.717) is 11.1 Å². The van der Waals surface area contributed by atoms with Gasteiger partial charge < -0.3 is 9.13 Å². The zero-order chi connectivity index (χ0) is 32.2. The number of hydrogen-bond acceptors (Lipinski definition) is 2. The van der Waals surface area contributed by atoms with Crippen molar-refractivity contribution in [3.63, 3.8) is 0 Å². The highest BCUT2D eigenvalue weighted by Gasteiger charge is 2.19. The van der Waals surface area contributed by atoms with E-state index in [4.69, 9.17) is 0 Å². The Balaban J connectivity index is 1.20. The quantitative estimate of drug-likeness (QED) is 0.199. The molecule has 9 rings (SSSR count). The van der Waals surface area contributed by atoms with Crippen LogP contribution in [0, 0.1) is 22.7 Å². The van der Waals surface area contributed by atoms with E-state index in [-0.39, 0.29) is 0 Å². The maximum absolute atomic E-state index is 10.7. The first-order valence-corrected chi connectivity index (χ1v) is 15.9. The zero-order valence-electron chi connectivity index (χ0n) is 25.8. The van der Waals surface area contributed by atoms with E-state index in [1.807, 2.05) is 60.7 Å². The number of nitrogens with zero attached hydrogens (tertiary/aromatic N) is 4. The van der Waals surface area contributed by atoms with Crippen LogP contribution >= 0.6 is 0 Å². The molecule has 0 fully saturated rings. The fourth-order valence-electron chi connectivity index (χ4n) is 7.33. The van der Waals surface area contributed by atoms with Crippen molar-refractivity contribution in [1.82, 2.24) is 9.13 Å². The van der Waals surface area contributed by atoms with E-state index in [9.17, 15) is 10.5 Å². The predicted molar refractivity (Wildman–Crippen MR) is 195 cm³/mol. The van der Waals surface area contributed by atoms with E-state index in [0.717, 1.165) is 66.5 Å². The molecule has 0 saturated heterocycles. The largest absolute Gasteiger partial charge is 0.309 e. The summed E-state index contributed by atoms with van der Waals surface area (Å²) in [6.07, 6.45) is 0. The lowest BCUT2D eigenvalue weighted by Gasteiger charge is -2.17. The third-order valence-electron chi connectivity index (χ3n) is 9.43. The minimum Gasteiger partial charge on any atom is -0.309 e. The van der Waals surface area contributed by atoms with Crippen molar-refractivity contribution >= 4 is 43.6 Å². The van der Waals surface area contributed by atoms with Crippen LogP contribution in [0.3, 0.4) is 0 Å². The van der Waals surface area contributed by atoms with Crippen molar-refractivity contribution in [2.24, 2.45) is 0 Å². The van der Waals surface area contributed by atoms with Crippen molar-refractivity contribution in [2.45, 2.75) is 0 Å². The molecule has 4 nitrogen and oxygen atoms in total. The van der Waals surface area contributed by atoms with E-state index in [1.165, 1.54) is 10.8 Å². The topological polar surface area (TPSA) is 57.4 Å². The second kappa shape index (κ2) is 10.9. The molecule has 0 bridgehead atoms. The fraction of sp³-hybridized carbons (Fsp3) is 0. The highest BCUT2D eigenvalue weighted by molar-refractivity contribution is 6.11. The van der Waals surface area contributed by atoms with Crippen LogP contribution in [0.1, 0.15) is 11.1 Å². The van der Waals surface area contributed by atoms with Crippen molar-refractivity contribution < 1.29 is 0 Å². The number of hydrogen-bond donors (Lipinski definition) is 0. The van der Waals surface area contributed by atoms with Gasteiger partial charge in [-0.1, -0.05) is 103 Å². The molecule has 7 aromatic carbocycles. The van der Waals surface area contributed by atoms with E-state index in [2.05, 4.69) is 118 Å². The van der Waals surface area contributed by atoms with Crippen molar-refractivity contribution in [3.8, 4) is 45.8 Å². The van der Waals surface area contributed by atoms with E-state index < -0.39 is 0 Å². The maximum Gasteiger partial charge on any atom is 0.100 e. The summed E-state index contributed by atoms with van der Waals surface area (Å²) in [7, 11) is 0. The highest BCUT2D eigenvalue weighted by atomic mass is 15.0. The number of nitriles is 2. The molecule has 0 spiro atoms. The average Bonchev–Trinajstić information content (AvgIpc) is 3.67. The van der Waals surface area contributed by atoms with Gasteiger partial charge in [-0.15, -0.1) is 0 Å². The molecule has 0 aliphatic carbocycles. The van der Waals surface area contributed by atoms with Crippen LogP contribution in [0.15, 0.2) is 158 Å². The molecule has 0 N–H and O–H groups in total. The van der Waals surface area contributed by atoms with Crippen LogP contribution in [0.25, 0.3) is 77.2 Å². The van der Waals surface area contributed by atoms with E-state index >= 15 is 0 Å². The molecule has 0 unspecified atom stereocenters. The standard InChI is InChI=1S/C44H26N4/c45-27-29-20-25-44-38(26-29)37-13-4-8-19-43(37)48(44)42-18-7-1-10-34(42)33-15-9-14-32(39(33)28-46)30-21-23-31(24-22-30)47-40-16-5-2-11-35(40)36-12-3-6-17-41(36)47/h1-26H. The molecule has 0 aliphatic rings. The van der Waals surface area contributed by atoms with Crippen LogP contribution in [-0.2, 0) is 0 Å². The second-order valence-corrected chi connectivity index (χ2v) is 12.0. The minimum absolute atomic E-state index is 0.627. The summed E-state index contributed by atoms with van der Waals surface area (Å²) in [5.41, 5.74) is 11.4. The minimum atomic E-state index is 0.627. The number of benzene rings is 7. The van der Waals surface area contributed by atoms with E-state index in [1.54, 1.807) is 0 Å². The van der Waals surface area contributed by atoms with Gasteiger partial charge in [-0.2, -0.15) is 10.5 Å². The average molecular weight is 611 g/mol. The van der Waals surface area contributed by atoms with Gasteiger partial charge in [0.05, 0.1) is 45.0 Å². The lowest BCUT2D eigenvalue weighted by atomic mass is 9.91. The van der Waals surface area contributed by atoms with Crippen LogP contribution in [-0.4, -0.2) is 9.13 Å². The Morgan fingerprint density at radius 3 is 1.60 bits per heavy atom. The van der Waals surface area contributed by atoms with Gasteiger partial charge in [0, 0.05) is 43.9 Å². The van der Waals surface area contributed by atoms with Crippen molar-refractivity contribution in [2.75, 3.05) is 0 Å². The summed E-state index contributed by atoms with van der Waals surface area (Å²) < 4.78 is 4.55. The Bertz CT molecular complexity index is 2750. The molecular formula is C44H26N4. The Morgan fingerprint density at radius 2 is 0.938 bits per heavy atom. The van der Waals surface area contributed by atoms with Gasteiger partial charge in [0.15, 0.2) is 0 Å². The molecule has 9 aromatic rings. The molecule has 0 radical (unpaired) electrons. The van der Waals surface area contributed by atoms with Crippen molar-refractivity contribution in [3.05, 3.63) is 169 Å². The number of rotatable bonds is 4. The summed E-state index contributed by atoms with van der Waals surface area (Å²) >= 11 is 0. The summed E-state index contributed by atoms with van der Waals surface area (Å²) in [4.78, 5) is 0. The van der Waals surface area contributed by atoms with Gasteiger partial charge in [-0.05, 0) is 60.2 Å². The molecule has 2 heterocycles. The molecular weight excluding hydrogens is 585 g/mol. The summed E-state index contributed by atoms with van der Waals surface area (Å²) in [6, 6.07) is 58.9. The molecule has 222 valence electrons. The SMILES string of the molecule is N#Cc1ccc2c(c1)c1ccccc1n2-c1ccccc1-c1cccc(-c2ccc(-n3c4ccccc4c4ccccc43)cc2)c1C#N. The molecule has 0 atom stereocenters. The smallest absolute Gasteiger partial charge is 0.100 e. The van der Waals surface area contributed by atoms with Gasteiger partial charge in [-0.3, -0.25) is 0 Å². The van der Waals surface area contributed by atoms with Crippen LogP contribution in [0.4, 0.5) is 0 Å². The van der Waals surface area contributed by atoms with Gasteiger partial charge in [-0.25, -0.2) is 0 Å². The molecule has 2 aromatic heterocycles.